The standard InChI is InChI=1S/C17H21N3O4S/c1-13-4-5-16(24-2)15(10-13)19-17(21)12-20(25(3,22)23)11-14-6-8-18-9-7-14/h4-10H,11-12H2,1-3H3,(H,19,21). The predicted octanol–water partition coefficient (Wildman–Crippen LogP) is 1.80. The summed E-state index contributed by atoms with van der Waals surface area (Å²) in [5.74, 6) is 0.0716. The van der Waals surface area contributed by atoms with Gasteiger partial charge in [-0.2, -0.15) is 4.31 Å². The van der Waals surface area contributed by atoms with E-state index in [1.165, 1.54) is 7.11 Å². The Morgan fingerprint density at radius 3 is 2.52 bits per heavy atom. The van der Waals surface area contributed by atoms with Gasteiger partial charge in [0.15, 0.2) is 0 Å². The molecule has 1 aromatic heterocycles. The second kappa shape index (κ2) is 8.09. The molecule has 0 saturated carbocycles. The van der Waals surface area contributed by atoms with Gasteiger partial charge in [0.2, 0.25) is 15.9 Å². The third-order valence-corrected chi connectivity index (χ3v) is 4.72. The van der Waals surface area contributed by atoms with Crippen LogP contribution in [0.2, 0.25) is 0 Å². The van der Waals surface area contributed by atoms with Gasteiger partial charge >= 0.3 is 0 Å². The lowest BCUT2D eigenvalue weighted by molar-refractivity contribution is -0.116. The Hall–Kier alpha value is -2.45. The molecular formula is C17H21N3O4S. The van der Waals surface area contributed by atoms with Gasteiger partial charge in [-0.15, -0.1) is 0 Å². The number of rotatable bonds is 7. The van der Waals surface area contributed by atoms with Gasteiger partial charge in [-0.05, 0) is 42.3 Å². The Labute approximate surface area is 147 Å². The maximum atomic E-state index is 12.4. The number of benzene rings is 1. The number of aromatic nitrogens is 1. The van der Waals surface area contributed by atoms with Crippen LogP contribution in [0, 0.1) is 6.92 Å². The minimum atomic E-state index is -3.55. The molecule has 2 rings (SSSR count). The van der Waals surface area contributed by atoms with Gasteiger partial charge in [-0.25, -0.2) is 8.42 Å². The molecule has 0 radical (unpaired) electrons. The summed E-state index contributed by atoms with van der Waals surface area (Å²) in [4.78, 5) is 16.3. The molecule has 0 bridgehead atoms. The highest BCUT2D eigenvalue weighted by molar-refractivity contribution is 7.88. The number of nitrogens with zero attached hydrogens (tertiary/aromatic N) is 2. The van der Waals surface area contributed by atoms with Crippen LogP contribution in [0.4, 0.5) is 5.69 Å². The smallest absolute Gasteiger partial charge is 0.239 e. The van der Waals surface area contributed by atoms with E-state index >= 15 is 0 Å². The van der Waals surface area contributed by atoms with E-state index in [0.717, 1.165) is 21.7 Å². The first kappa shape index (κ1) is 18.9. The highest BCUT2D eigenvalue weighted by Gasteiger charge is 2.21. The summed E-state index contributed by atoms with van der Waals surface area (Å²) in [7, 11) is -2.05. The number of pyridine rings is 1. The highest BCUT2D eigenvalue weighted by Crippen LogP contribution is 2.25. The van der Waals surface area contributed by atoms with Crippen molar-refractivity contribution in [1.29, 1.82) is 0 Å². The van der Waals surface area contributed by atoms with Crippen LogP contribution in [-0.4, -0.2) is 43.5 Å². The summed E-state index contributed by atoms with van der Waals surface area (Å²) >= 11 is 0. The molecule has 0 atom stereocenters. The maximum Gasteiger partial charge on any atom is 0.239 e. The van der Waals surface area contributed by atoms with Gasteiger partial charge in [0.1, 0.15) is 5.75 Å². The molecule has 1 aromatic carbocycles. The molecule has 0 spiro atoms. The van der Waals surface area contributed by atoms with E-state index in [-0.39, 0.29) is 13.1 Å². The Bertz CT molecular complexity index is 838. The van der Waals surface area contributed by atoms with Gasteiger partial charge in [0.05, 0.1) is 25.6 Å². The molecule has 0 aliphatic heterocycles. The number of methoxy groups -OCH3 is 1. The molecule has 8 heteroatoms. The van der Waals surface area contributed by atoms with Crippen LogP contribution in [-0.2, 0) is 21.4 Å². The SMILES string of the molecule is COc1ccc(C)cc1NC(=O)CN(Cc1ccncc1)S(C)(=O)=O. The van der Waals surface area contributed by atoms with E-state index in [9.17, 15) is 13.2 Å². The first-order chi connectivity index (χ1) is 11.8. The van der Waals surface area contributed by atoms with E-state index in [1.54, 1.807) is 36.7 Å². The number of nitrogens with one attached hydrogen (secondary N) is 1. The minimum absolute atomic E-state index is 0.0970. The van der Waals surface area contributed by atoms with Crippen LogP contribution in [0.25, 0.3) is 0 Å². The lowest BCUT2D eigenvalue weighted by Gasteiger charge is -2.20. The quantitative estimate of drug-likeness (QED) is 0.810. The van der Waals surface area contributed by atoms with Crippen molar-refractivity contribution in [2.24, 2.45) is 0 Å². The Kier molecular flexibility index (Phi) is 6.11. The largest absolute Gasteiger partial charge is 0.495 e. The van der Waals surface area contributed by atoms with Crippen molar-refractivity contribution < 1.29 is 17.9 Å². The maximum absolute atomic E-state index is 12.4. The third kappa shape index (κ3) is 5.54. The number of sulfonamides is 1. The number of aryl methyl sites for hydroxylation is 1. The normalized spacial score (nSPS) is 11.4. The molecule has 0 aliphatic rings. The van der Waals surface area contributed by atoms with Crippen molar-refractivity contribution in [3.8, 4) is 5.75 Å². The van der Waals surface area contributed by atoms with E-state index in [2.05, 4.69) is 10.3 Å². The lowest BCUT2D eigenvalue weighted by Crippen LogP contribution is -2.37. The van der Waals surface area contributed by atoms with Crippen LogP contribution in [0.15, 0.2) is 42.7 Å². The number of hydrogen-bond donors (Lipinski definition) is 1. The molecule has 0 unspecified atom stereocenters. The van der Waals surface area contributed by atoms with E-state index in [4.69, 9.17) is 4.74 Å². The molecule has 7 nitrogen and oxygen atoms in total. The molecular weight excluding hydrogens is 342 g/mol. The van der Waals surface area contributed by atoms with E-state index < -0.39 is 15.9 Å². The molecule has 1 heterocycles. The number of amides is 1. The second-order valence-electron chi connectivity index (χ2n) is 5.64. The van der Waals surface area contributed by atoms with Crippen molar-refractivity contribution in [2.75, 3.05) is 25.2 Å². The van der Waals surface area contributed by atoms with Crippen molar-refractivity contribution in [2.45, 2.75) is 13.5 Å². The van der Waals surface area contributed by atoms with Gasteiger partial charge in [-0.1, -0.05) is 6.07 Å². The van der Waals surface area contributed by atoms with Crippen LogP contribution in [0.5, 0.6) is 5.75 Å². The van der Waals surface area contributed by atoms with E-state index in [0.29, 0.717) is 11.4 Å². The number of ether oxygens (including phenoxy) is 1. The van der Waals surface area contributed by atoms with Gasteiger partial charge in [0, 0.05) is 18.9 Å². The second-order valence-corrected chi connectivity index (χ2v) is 7.62. The first-order valence-corrected chi connectivity index (χ1v) is 9.43. The minimum Gasteiger partial charge on any atom is -0.495 e. The van der Waals surface area contributed by atoms with Crippen molar-refractivity contribution in [3.05, 3.63) is 53.9 Å². The molecule has 134 valence electrons. The van der Waals surface area contributed by atoms with Crippen LogP contribution < -0.4 is 10.1 Å². The molecule has 0 aliphatic carbocycles. The van der Waals surface area contributed by atoms with Gasteiger partial charge in [0.25, 0.3) is 0 Å². The zero-order valence-corrected chi connectivity index (χ0v) is 15.2. The number of anilines is 1. The average molecular weight is 363 g/mol. The summed E-state index contributed by atoms with van der Waals surface area (Å²) < 4.78 is 30.3. The van der Waals surface area contributed by atoms with Gasteiger partial charge in [-0.3, -0.25) is 9.78 Å². The number of carbonyl (C=O) groups is 1. The van der Waals surface area contributed by atoms with Crippen molar-refractivity contribution in [1.82, 2.24) is 9.29 Å². The lowest BCUT2D eigenvalue weighted by atomic mass is 10.2. The Morgan fingerprint density at radius 1 is 1.24 bits per heavy atom. The zero-order valence-electron chi connectivity index (χ0n) is 14.4. The summed E-state index contributed by atoms with van der Waals surface area (Å²) in [6, 6.07) is 8.79. The van der Waals surface area contributed by atoms with Crippen LogP contribution >= 0.6 is 0 Å². The zero-order chi connectivity index (χ0) is 18.4. The summed E-state index contributed by atoms with van der Waals surface area (Å²) in [5.41, 5.74) is 2.21. The Balaban J connectivity index is 2.14. The number of hydrogen-bond acceptors (Lipinski definition) is 5. The molecule has 1 N–H and O–H groups in total. The molecule has 1 amide bonds. The van der Waals surface area contributed by atoms with Crippen molar-refractivity contribution in [3.63, 3.8) is 0 Å². The van der Waals surface area contributed by atoms with Crippen LogP contribution in [0.1, 0.15) is 11.1 Å². The fourth-order valence-corrected chi connectivity index (χ4v) is 2.99. The summed E-state index contributed by atoms with van der Waals surface area (Å²) in [5, 5.41) is 2.71. The number of carbonyl (C=O) groups excluding carboxylic acids is 1. The third-order valence-electron chi connectivity index (χ3n) is 3.53. The first-order valence-electron chi connectivity index (χ1n) is 7.58. The van der Waals surface area contributed by atoms with Crippen LogP contribution in [0.3, 0.4) is 0 Å². The van der Waals surface area contributed by atoms with E-state index in [1.807, 2.05) is 13.0 Å². The Morgan fingerprint density at radius 2 is 1.92 bits per heavy atom. The molecule has 25 heavy (non-hydrogen) atoms. The monoisotopic (exact) mass is 363 g/mol. The molecule has 2 aromatic rings. The average Bonchev–Trinajstić information content (AvgIpc) is 2.54. The summed E-state index contributed by atoms with van der Waals surface area (Å²) in [6.45, 7) is 1.69. The van der Waals surface area contributed by atoms with Gasteiger partial charge < -0.3 is 10.1 Å². The molecule has 0 fully saturated rings. The fourth-order valence-electron chi connectivity index (χ4n) is 2.25. The summed E-state index contributed by atoms with van der Waals surface area (Å²) in [6.07, 6.45) is 4.23. The predicted molar refractivity (Wildman–Crippen MR) is 95.9 cm³/mol. The van der Waals surface area contributed by atoms with Crippen molar-refractivity contribution >= 4 is 21.6 Å². The molecule has 0 saturated heterocycles. The highest BCUT2D eigenvalue weighted by atomic mass is 32.2. The topological polar surface area (TPSA) is 88.6 Å². The fraction of sp³-hybridized carbons (Fsp3) is 0.294.